The first kappa shape index (κ1) is 38.7. The van der Waals surface area contributed by atoms with Crippen molar-refractivity contribution < 1.29 is 21.7 Å². The molecule has 6 rings (SSSR count). The molecule has 1 nitrogen and oxygen atoms in total. The van der Waals surface area contributed by atoms with Gasteiger partial charge in [0, 0.05) is 32.7 Å². The van der Waals surface area contributed by atoms with Gasteiger partial charge in [0.05, 0.1) is 0 Å². The van der Waals surface area contributed by atoms with Crippen LogP contribution in [0.2, 0.25) is 0 Å². The predicted octanol–water partition coefficient (Wildman–Crippen LogP) is 10.8. The van der Waals surface area contributed by atoms with E-state index < -0.39 is 0 Å². The maximum absolute atomic E-state index is 6.94. The van der Waals surface area contributed by atoms with Crippen LogP contribution in [0.25, 0.3) is 39.4 Å². The zero-order valence-corrected chi connectivity index (χ0v) is 28.0. The second kappa shape index (κ2) is 19.0. The Morgan fingerprint density at radius 1 is 0.690 bits per heavy atom. The maximum atomic E-state index is 6.94. The van der Waals surface area contributed by atoms with E-state index in [4.69, 9.17) is 5.73 Å². The van der Waals surface area contributed by atoms with Crippen LogP contribution in [0.5, 0.6) is 0 Å². The van der Waals surface area contributed by atoms with Gasteiger partial charge < -0.3 is 20.6 Å². The summed E-state index contributed by atoms with van der Waals surface area (Å²) in [6.45, 7) is 5.56. The molecule has 3 heteroatoms. The molecule has 0 amide bonds. The minimum atomic E-state index is -0.250. The van der Waals surface area contributed by atoms with Crippen LogP contribution in [0, 0.1) is 27.0 Å². The molecule has 0 aliphatic heterocycles. The number of hydrogen-bond donors (Lipinski definition) is 0. The van der Waals surface area contributed by atoms with E-state index in [-0.39, 0.29) is 53.1 Å². The Morgan fingerprint density at radius 3 is 1.71 bits per heavy atom. The van der Waals surface area contributed by atoms with E-state index in [1.807, 2.05) is 81.5 Å². The summed E-state index contributed by atoms with van der Waals surface area (Å²) in [7, 11) is 0. The molecular formula is C39H40NSiTi-5. The Balaban J connectivity index is 0.000000640. The quantitative estimate of drug-likeness (QED) is 0.0854. The summed E-state index contributed by atoms with van der Waals surface area (Å²) < 4.78 is 0. The molecule has 0 spiro atoms. The number of rotatable bonds is 3. The maximum Gasteiger partial charge on any atom is 0 e. The summed E-state index contributed by atoms with van der Waals surface area (Å²) in [6.07, 6.45) is 15.6. The Labute approximate surface area is 274 Å². The van der Waals surface area contributed by atoms with E-state index in [2.05, 4.69) is 85.0 Å². The van der Waals surface area contributed by atoms with E-state index >= 15 is 0 Å². The fourth-order valence-electron chi connectivity index (χ4n) is 4.25. The Hall–Kier alpha value is -3.27. The van der Waals surface area contributed by atoms with Crippen LogP contribution >= 0.6 is 0 Å². The van der Waals surface area contributed by atoms with E-state index in [0.29, 0.717) is 0 Å². The molecule has 1 N–H and O–H groups in total. The summed E-state index contributed by atoms with van der Waals surface area (Å²) in [4.78, 5) is 0. The number of fused-ring (bicyclic) bond motifs is 6. The van der Waals surface area contributed by atoms with Gasteiger partial charge in [-0.3, -0.25) is 6.08 Å². The van der Waals surface area contributed by atoms with Gasteiger partial charge in [-0.15, -0.1) is 65.6 Å². The first-order chi connectivity index (χ1) is 18.4. The molecule has 0 aromatic heterocycles. The summed E-state index contributed by atoms with van der Waals surface area (Å²) in [6, 6.07) is 37.7. The normalized spacial score (nSPS) is 11.1. The summed E-state index contributed by atoms with van der Waals surface area (Å²) in [5.74, 6) is 0. The molecule has 5 aromatic carbocycles. The molecule has 0 fully saturated rings. The SMILES string of the molecule is CC(C)(C)[NH-].[C-](=CC=Cc1ccccc1)c1ccccc1.[C-]1=Cc2c(c3ccccc3c3ccccc23)C1.[CH3-].[CH3-].[Si].[Ti]. The molecular weight excluding hydrogens is 558 g/mol. The van der Waals surface area contributed by atoms with Crippen LogP contribution in [0.4, 0.5) is 0 Å². The first-order valence-electron chi connectivity index (χ1n) is 13.0. The van der Waals surface area contributed by atoms with Gasteiger partial charge in [-0.1, -0.05) is 117 Å². The second-order valence-electron chi connectivity index (χ2n) is 10.2. The molecule has 1 aliphatic rings. The van der Waals surface area contributed by atoms with Crippen molar-refractivity contribution in [2.45, 2.75) is 32.7 Å². The molecule has 0 atom stereocenters. The Kier molecular flexibility index (Phi) is 17.5. The minimum absolute atomic E-state index is 0. The summed E-state index contributed by atoms with van der Waals surface area (Å²) >= 11 is 0. The van der Waals surface area contributed by atoms with Crippen LogP contribution in [-0.2, 0) is 28.1 Å². The van der Waals surface area contributed by atoms with Crippen molar-refractivity contribution in [3.63, 3.8) is 0 Å². The molecule has 0 unspecified atom stereocenters. The van der Waals surface area contributed by atoms with Crippen molar-refractivity contribution in [3.05, 3.63) is 176 Å². The van der Waals surface area contributed by atoms with Crippen LogP contribution in [0.15, 0.2) is 121 Å². The topological polar surface area (TPSA) is 23.8 Å². The van der Waals surface area contributed by atoms with Gasteiger partial charge in [0.2, 0.25) is 0 Å². The van der Waals surface area contributed by atoms with E-state index in [1.54, 1.807) is 0 Å². The smallest absolute Gasteiger partial charge is 0 e. The van der Waals surface area contributed by atoms with Crippen molar-refractivity contribution in [2.24, 2.45) is 0 Å². The second-order valence-corrected chi connectivity index (χ2v) is 10.2. The van der Waals surface area contributed by atoms with E-state index in [0.717, 1.165) is 12.0 Å². The molecule has 0 saturated heterocycles. The number of allylic oxidation sites excluding steroid dienone is 3. The third-order valence-electron chi connectivity index (χ3n) is 5.82. The minimum Gasteiger partial charge on any atom is -0.673 e. The van der Waals surface area contributed by atoms with Crippen LogP contribution in [-0.4, -0.2) is 16.5 Å². The standard InChI is InChI=1S/C17H11.C16H13.C4H10N.2CH3.Si.Ti/c1-3-8-14-12(6-1)13-7-2-4-9-15(13)17-11-5-10-16(14)17;1-3-9-15(10-4-1)13-7-8-14-16-11-5-2-6-12-16;1-4(2,3)5;;;;/h1-4,6-10H,11H2;1-13H;5H,1-3H3;2*1H3;;/q5*-1;;. The Morgan fingerprint density at radius 2 is 1.14 bits per heavy atom. The van der Waals surface area contributed by atoms with Gasteiger partial charge in [0.1, 0.15) is 0 Å². The summed E-state index contributed by atoms with van der Waals surface area (Å²) in [5.41, 5.74) is 11.8. The summed E-state index contributed by atoms with van der Waals surface area (Å²) in [5, 5.41) is 5.44. The number of benzene rings is 5. The zero-order chi connectivity index (χ0) is 26.8. The first-order valence-corrected chi connectivity index (χ1v) is 13.0. The number of hydrogen-bond acceptors (Lipinski definition) is 0. The molecule has 42 heavy (non-hydrogen) atoms. The molecule has 5 aromatic rings. The molecule has 0 saturated carbocycles. The van der Waals surface area contributed by atoms with Crippen molar-refractivity contribution >= 4 is 44.7 Å². The predicted molar refractivity (Wildman–Crippen MR) is 184 cm³/mol. The fourth-order valence-corrected chi connectivity index (χ4v) is 4.25. The van der Waals surface area contributed by atoms with Crippen molar-refractivity contribution in [2.75, 3.05) is 0 Å². The largest absolute Gasteiger partial charge is 0.673 e. The average Bonchev–Trinajstić information content (AvgIpc) is 3.43. The van der Waals surface area contributed by atoms with Crippen LogP contribution < -0.4 is 0 Å². The molecule has 0 heterocycles. The van der Waals surface area contributed by atoms with E-state index in [1.165, 1.54) is 38.2 Å². The Bertz CT molecular complexity index is 1510. The van der Waals surface area contributed by atoms with Gasteiger partial charge in [0.25, 0.3) is 0 Å². The van der Waals surface area contributed by atoms with E-state index in [9.17, 15) is 0 Å². The van der Waals surface area contributed by atoms with Crippen molar-refractivity contribution in [1.82, 2.24) is 0 Å². The fraction of sp³-hybridized carbons (Fsp3) is 0.128. The van der Waals surface area contributed by atoms with Crippen molar-refractivity contribution in [1.29, 1.82) is 0 Å². The van der Waals surface area contributed by atoms with Crippen LogP contribution in [0.1, 0.15) is 43.0 Å². The average molecular weight is 599 g/mol. The third-order valence-corrected chi connectivity index (χ3v) is 5.82. The van der Waals surface area contributed by atoms with Crippen molar-refractivity contribution in [3.8, 4) is 0 Å². The zero-order valence-electron chi connectivity index (χ0n) is 25.4. The molecule has 0 bridgehead atoms. The van der Waals surface area contributed by atoms with Crippen LogP contribution in [0.3, 0.4) is 0 Å². The van der Waals surface area contributed by atoms with Gasteiger partial charge in [-0.25, -0.2) is 6.08 Å². The van der Waals surface area contributed by atoms with Gasteiger partial charge in [-0.05, 0) is 21.7 Å². The molecule has 1 aliphatic carbocycles. The van der Waals surface area contributed by atoms with Gasteiger partial charge >= 0.3 is 0 Å². The monoisotopic (exact) mass is 598 g/mol. The van der Waals surface area contributed by atoms with Gasteiger partial charge in [0.15, 0.2) is 0 Å². The van der Waals surface area contributed by atoms with Gasteiger partial charge in [-0.2, -0.15) is 5.56 Å². The third kappa shape index (κ3) is 11.5. The number of nitrogens with one attached hydrogen (secondary N) is 1. The molecule has 4 radical (unpaired) electrons. The molecule has 214 valence electrons.